The molecule has 0 aliphatic carbocycles. The van der Waals surface area contributed by atoms with E-state index < -0.39 is 42.0 Å². The molecule has 3 aromatic rings. The molecule has 1 saturated heterocycles. The van der Waals surface area contributed by atoms with Crippen molar-refractivity contribution >= 4 is 53.3 Å². The number of anilines is 1. The number of nitrogens with two attached hydrogens (primary N) is 1. The smallest absolute Gasteiger partial charge is 0.395 e. The van der Waals surface area contributed by atoms with Crippen molar-refractivity contribution in [3.63, 3.8) is 0 Å². The van der Waals surface area contributed by atoms with Crippen LogP contribution < -0.4 is 16.4 Å². The second kappa shape index (κ2) is 13.1. The number of ether oxygens (including phenoxy) is 1. The van der Waals surface area contributed by atoms with Crippen LogP contribution in [0.1, 0.15) is 32.6 Å². The Kier molecular flexibility index (Phi) is 10.2. The van der Waals surface area contributed by atoms with Gasteiger partial charge in [0.25, 0.3) is 5.56 Å². The summed E-state index contributed by atoms with van der Waals surface area (Å²) in [5, 5.41) is 23.0. The van der Waals surface area contributed by atoms with Crippen molar-refractivity contribution in [2.24, 2.45) is 5.41 Å². The largest absolute Gasteiger partial charge is 0.405 e. The van der Waals surface area contributed by atoms with Crippen LogP contribution in [0.3, 0.4) is 0 Å². The molecule has 4 rings (SSSR count). The highest BCUT2D eigenvalue weighted by Crippen LogP contribution is 2.48. The van der Waals surface area contributed by atoms with Crippen molar-refractivity contribution in [2.45, 2.75) is 50.6 Å². The van der Waals surface area contributed by atoms with Crippen molar-refractivity contribution in [3.05, 3.63) is 52.6 Å². The number of hydrogen-bond acceptors (Lipinski definition) is 12. The maximum Gasteiger partial charge on any atom is 0.405 e. The third-order valence-electron chi connectivity index (χ3n) is 6.67. The number of fused-ring (bicyclic) bond motifs is 1. The van der Waals surface area contributed by atoms with Crippen LogP contribution in [0.15, 0.2) is 41.5 Å². The standard InChI is InChI=1S/C25H34ClN6O8PS/c1-24(2,13-33)22(36)42-10-9-38-41(37,29-11-15-7-5-4-6-8-15)39-12-16-18(34)25(3,26)21(40-16)32-14-28-17-19(32)30-23(27)31-20(17)35/h4-8,14,16,18,21,33-34H,9-13H2,1-3H3,(H,29,37)(H3,27,30,31,35)/t16-,18-,21-,25-,41+/m1/s1. The van der Waals surface area contributed by atoms with Crippen LogP contribution in [0.25, 0.3) is 11.2 Å². The fourth-order valence-electron chi connectivity index (χ4n) is 4.10. The molecule has 0 saturated carbocycles. The van der Waals surface area contributed by atoms with Crippen molar-refractivity contribution in [2.75, 3.05) is 31.3 Å². The number of aromatic nitrogens is 4. The number of H-pyrrole nitrogens is 1. The lowest BCUT2D eigenvalue weighted by Crippen LogP contribution is -2.40. The molecule has 0 radical (unpaired) electrons. The van der Waals surface area contributed by atoms with E-state index >= 15 is 0 Å². The first-order chi connectivity index (χ1) is 19.8. The van der Waals surface area contributed by atoms with Crippen molar-refractivity contribution in [3.8, 4) is 0 Å². The number of thioether (sulfide) groups is 1. The molecule has 17 heteroatoms. The number of imidazole rings is 1. The Labute approximate surface area is 250 Å². The predicted octanol–water partition coefficient (Wildman–Crippen LogP) is 2.17. The van der Waals surface area contributed by atoms with Crippen LogP contribution in [-0.4, -0.2) is 77.5 Å². The number of hydrogen-bond donors (Lipinski definition) is 5. The molecule has 0 amide bonds. The van der Waals surface area contributed by atoms with E-state index in [1.54, 1.807) is 13.8 Å². The fraction of sp³-hybridized carbons (Fsp3) is 0.520. The van der Waals surface area contributed by atoms with E-state index in [1.165, 1.54) is 17.8 Å². The van der Waals surface area contributed by atoms with Gasteiger partial charge in [0.2, 0.25) is 5.95 Å². The molecule has 0 unspecified atom stereocenters. The SMILES string of the molecule is CC(C)(CO)C(=O)SCCO[P@@](=O)(NCc1ccccc1)OC[C@H]1O[C@@H](n2cnc3c(=O)[nH]c(N)nc32)[C@](C)(Cl)[C@@H]1O. The van der Waals surface area contributed by atoms with Crippen molar-refractivity contribution in [1.82, 2.24) is 24.6 Å². The molecular weight excluding hydrogens is 611 g/mol. The first-order valence-corrected chi connectivity index (χ1v) is 15.9. The summed E-state index contributed by atoms with van der Waals surface area (Å²) >= 11 is 7.68. The van der Waals surface area contributed by atoms with Crippen LogP contribution in [0.5, 0.6) is 0 Å². The highest BCUT2D eigenvalue weighted by atomic mass is 35.5. The number of halogens is 1. The Balaban J connectivity index is 1.46. The zero-order chi connectivity index (χ0) is 30.7. The fourth-order valence-corrected chi connectivity index (χ4v) is 6.64. The van der Waals surface area contributed by atoms with Gasteiger partial charge in [-0.1, -0.05) is 42.1 Å². The van der Waals surface area contributed by atoms with Gasteiger partial charge in [-0.15, -0.1) is 11.6 Å². The van der Waals surface area contributed by atoms with Crippen LogP contribution >= 0.6 is 31.1 Å². The van der Waals surface area contributed by atoms with E-state index in [9.17, 15) is 24.4 Å². The minimum absolute atomic E-state index is 0.0104. The van der Waals surface area contributed by atoms with Gasteiger partial charge in [0, 0.05) is 12.3 Å². The predicted molar refractivity (Wildman–Crippen MR) is 158 cm³/mol. The summed E-state index contributed by atoms with van der Waals surface area (Å²) in [6, 6.07) is 9.17. The van der Waals surface area contributed by atoms with Gasteiger partial charge >= 0.3 is 7.75 Å². The molecule has 42 heavy (non-hydrogen) atoms. The second-order valence-corrected chi connectivity index (χ2v) is 14.2. The summed E-state index contributed by atoms with van der Waals surface area (Å²) in [5.74, 6) is 0.0296. The number of benzene rings is 1. The first kappa shape index (κ1) is 32.6. The van der Waals surface area contributed by atoms with Gasteiger partial charge < -0.3 is 20.7 Å². The van der Waals surface area contributed by atoms with Crippen LogP contribution in [-0.2, 0) is 29.7 Å². The summed E-state index contributed by atoms with van der Waals surface area (Å²) < 4.78 is 32.5. The minimum Gasteiger partial charge on any atom is -0.395 e. The van der Waals surface area contributed by atoms with Crippen LogP contribution in [0.2, 0.25) is 0 Å². The summed E-state index contributed by atoms with van der Waals surface area (Å²) in [6.07, 6.45) is -2.11. The monoisotopic (exact) mass is 644 g/mol. The van der Waals surface area contributed by atoms with Gasteiger partial charge in [0.1, 0.15) is 17.1 Å². The van der Waals surface area contributed by atoms with Crippen molar-refractivity contribution in [1.29, 1.82) is 0 Å². The molecule has 14 nitrogen and oxygen atoms in total. The number of nitrogen functional groups attached to an aromatic ring is 1. The lowest BCUT2D eigenvalue weighted by atomic mass is 9.97. The Hall–Kier alpha value is -2.33. The number of aromatic amines is 1. The van der Waals surface area contributed by atoms with E-state index in [-0.39, 0.29) is 54.3 Å². The molecule has 1 aliphatic heterocycles. The number of rotatable bonds is 13. The molecule has 2 aromatic heterocycles. The van der Waals surface area contributed by atoms with E-state index in [1.807, 2.05) is 30.3 Å². The average Bonchev–Trinajstić information content (AvgIpc) is 3.47. The molecule has 1 aromatic carbocycles. The maximum atomic E-state index is 13.7. The normalized spacial score (nSPS) is 24.2. The molecule has 0 bridgehead atoms. The Morgan fingerprint density at radius 2 is 2.07 bits per heavy atom. The lowest BCUT2D eigenvalue weighted by Gasteiger charge is -2.26. The van der Waals surface area contributed by atoms with Crippen LogP contribution in [0, 0.1) is 5.41 Å². The lowest BCUT2D eigenvalue weighted by molar-refractivity contribution is -0.119. The molecule has 0 spiro atoms. The van der Waals surface area contributed by atoms with Gasteiger partial charge in [0.05, 0.1) is 31.6 Å². The quantitative estimate of drug-likeness (QED) is 0.103. The molecule has 1 fully saturated rings. The Bertz CT molecular complexity index is 1500. The molecule has 6 N–H and O–H groups in total. The minimum atomic E-state index is -4.00. The van der Waals surface area contributed by atoms with E-state index in [0.29, 0.717) is 0 Å². The number of aliphatic hydroxyl groups is 2. The maximum absolute atomic E-state index is 13.7. The van der Waals surface area contributed by atoms with Gasteiger partial charge in [0.15, 0.2) is 22.5 Å². The van der Waals surface area contributed by atoms with Gasteiger partial charge in [-0.05, 0) is 26.3 Å². The number of alkyl halides is 1. The topological polar surface area (TPSA) is 204 Å². The molecule has 3 heterocycles. The zero-order valence-corrected chi connectivity index (χ0v) is 25.7. The molecule has 5 atom stereocenters. The highest BCUT2D eigenvalue weighted by molar-refractivity contribution is 8.13. The average molecular weight is 645 g/mol. The third kappa shape index (κ3) is 7.24. The van der Waals surface area contributed by atoms with E-state index in [0.717, 1.165) is 17.3 Å². The zero-order valence-electron chi connectivity index (χ0n) is 23.2. The Morgan fingerprint density at radius 3 is 2.76 bits per heavy atom. The van der Waals surface area contributed by atoms with E-state index in [2.05, 4.69) is 20.0 Å². The number of carbonyl (C=O) groups is 1. The molecule has 1 aliphatic rings. The first-order valence-electron chi connectivity index (χ1n) is 13.0. The van der Waals surface area contributed by atoms with Gasteiger partial charge in [-0.25, -0.2) is 14.6 Å². The summed E-state index contributed by atoms with van der Waals surface area (Å²) in [4.78, 5) is 33.7. The Morgan fingerprint density at radius 1 is 1.36 bits per heavy atom. The number of nitrogens with zero attached hydrogens (tertiary/aromatic N) is 3. The van der Waals surface area contributed by atoms with Gasteiger partial charge in [-0.3, -0.25) is 28.2 Å². The van der Waals surface area contributed by atoms with Crippen molar-refractivity contribution < 1.29 is 33.4 Å². The number of nitrogens with one attached hydrogen (secondary N) is 2. The third-order valence-corrected chi connectivity index (χ3v) is 9.83. The van der Waals surface area contributed by atoms with Gasteiger partial charge in [-0.2, -0.15) is 4.98 Å². The van der Waals surface area contributed by atoms with Crippen LogP contribution in [0.4, 0.5) is 5.95 Å². The highest BCUT2D eigenvalue weighted by Gasteiger charge is 2.54. The second-order valence-electron chi connectivity index (χ2n) is 10.5. The number of aliphatic hydroxyl groups excluding tert-OH is 2. The molecular formula is C25H34ClN6O8PS. The summed E-state index contributed by atoms with van der Waals surface area (Å²) in [5.41, 5.74) is 5.16. The van der Waals surface area contributed by atoms with E-state index in [4.69, 9.17) is 31.1 Å². The molecule has 230 valence electrons. The summed E-state index contributed by atoms with van der Waals surface area (Å²) in [6.45, 7) is 4.14. The number of carbonyl (C=O) groups excluding carboxylic acids is 1. The summed E-state index contributed by atoms with van der Waals surface area (Å²) in [7, 11) is -4.00.